The monoisotopic (exact) mass is 156 g/mol. The normalized spacial score (nSPS) is 10.3. The Morgan fingerprint density at radius 3 is 2.55 bits per heavy atom. The minimum Gasteiger partial charge on any atom is -0.478 e. The number of ketones is 1. The Hall–Kier alpha value is -1.12. The predicted molar refractivity (Wildman–Crippen MR) is 41.3 cm³/mol. The van der Waals surface area contributed by atoms with Gasteiger partial charge in [0.05, 0.1) is 0 Å². The summed E-state index contributed by atoms with van der Waals surface area (Å²) < 4.78 is 0. The van der Waals surface area contributed by atoms with E-state index in [-0.39, 0.29) is 5.78 Å². The van der Waals surface area contributed by atoms with Gasteiger partial charge in [-0.2, -0.15) is 0 Å². The number of unbranched alkanes of at least 4 members (excludes halogenated alkanes) is 1. The van der Waals surface area contributed by atoms with Gasteiger partial charge in [0.1, 0.15) is 5.78 Å². The highest BCUT2D eigenvalue weighted by Crippen LogP contribution is 1.96. The van der Waals surface area contributed by atoms with Crippen LogP contribution in [-0.4, -0.2) is 16.9 Å². The molecule has 0 aromatic carbocycles. The number of Topliss-reactive ketones (excluding diaryl/α,β-unsaturated/α-hetero) is 1. The lowest BCUT2D eigenvalue weighted by atomic mass is 10.2. The third-order valence-electron chi connectivity index (χ3n) is 1.16. The number of carbonyl (C=O) groups excluding carboxylic acids is 1. The molecule has 62 valence electrons. The van der Waals surface area contributed by atoms with Crippen molar-refractivity contribution in [3.05, 3.63) is 12.2 Å². The van der Waals surface area contributed by atoms with Crippen LogP contribution in [0, 0.1) is 0 Å². The van der Waals surface area contributed by atoms with Crippen LogP contribution in [0.5, 0.6) is 0 Å². The van der Waals surface area contributed by atoms with E-state index < -0.39 is 5.97 Å². The van der Waals surface area contributed by atoms with E-state index in [4.69, 9.17) is 5.11 Å². The minimum atomic E-state index is -0.937. The van der Waals surface area contributed by atoms with Crippen molar-refractivity contribution in [2.45, 2.75) is 26.2 Å². The summed E-state index contributed by atoms with van der Waals surface area (Å²) in [6, 6.07) is 0. The Labute approximate surface area is 65.7 Å². The van der Waals surface area contributed by atoms with Crippen molar-refractivity contribution >= 4 is 11.8 Å². The lowest BCUT2D eigenvalue weighted by Gasteiger charge is -1.89. The van der Waals surface area contributed by atoms with Crippen molar-refractivity contribution in [2.24, 2.45) is 0 Å². The average molecular weight is 156 g/mol. The molecule has 0 unspecified atom stereocenters. The van der Waals surface area contributed by atoms with Gasteiger partial charge in [0, 0.05) is 12.5 Å². The van der Waals surface area contributed by atoms with E-state index in [2.05, 4.69) is 0 Å². The quantitative estimate of drug-likeness (QED) is 0.483. The standard InChI is InChI=1S/C8H12O3/c1-7(9)5-3-2-4-6-8(10)11/h4,6H,2-3,5H2,1H3,(H,10,11). The molecule has 0 amide bonds. The number of carboxylic acids is 1. The van der Waals surface area contributed by atoms with Crippen molar-refractivity contribution < 1.29 is 14.7 Å². The maximum atomic E-state index is 10.4. The van der Waals surface area contributed by atoms with Crippen molar-refractivity contribution in [3.8, 4) is 0 Å². The molecule has 0 aliphatic heterocycles. The van der Waals surface area contributed by atoms with Crippen molar-refractivity contribution in [2.75, 3.05) is 0 Å². The molecule has 1 N–H and O–H groups in total. The van der Waals surface area contributed by atoms with E-state index in [1.807, 2.05) is 0 Å². The maximum absolute atomic E-state index is 10.4. The fourth-order valence-electron chi connectivity index (χ4n) is 0.653. The first-order valence-electron chi connectivity index (χ1n) is 3.52. The molecule has 0 fully saturated rings. The molecule has 0 atom stereocenters. The zero-order chi connectivity index (χ0) is 8.69. The van der Waals surface area contributed by atoms with Crippen LogP contribution in [0.2, 0.25) is 0 Å². The zero-order valence-corrected chi connectivity index (χ0v) is 6.54. The largest absolute Gasteiger partial charge is 0.478 e. The summed E-state index contributed by atoms with van der Waals surface area (Å²) in [5, 5.41) is 8.17. The van der Waals surface area contributed by atoms with Gasteiger partial charge in [-0.3, -0.25) is 0 Å². The molecular formula is C8H12O3. The molecule has 0 aliphatic rings. The van der Waals surface area contributed by atoms with Gasteiger partial charge in [-0.05, 0) is 19.8 Å². The Bertz CT molecular complexity index is 170. The van der Waals surface area contributed by atoms with Crippen LogP contribution in [0.4, 0.5) is 0 Å². The molecule has 0 aromatic heterocycles. The first-order valence-corrected chi connectivity index (χ1v) is 3.52. The van der Waals surface area contributed by atoms with E-state index in [9.17, 15) is 9.59 Å². The maximum Gasteiger partial charge on any atom is 0.327 e. The van der Waals surface area contributed by atoms with Crippen LogP contribution in [-0.2, 0) is 9.59 Å². The van der Waals surface area contributed by atoms with Gasteiger partial charge in [0.25, 0.3) is 0 Å². The van der Waals surface area contributed by atoms with E-state index in [1.165, 1.54) is 6.92 Å². The fourth-order valence-corrected chi connectivity index (χ4v) is 0.653. The Morgan fingerprint density at radius 1 is 1.45 bits per heavy atom. The minimum absolute atomic E-state index is 0.147. The number of hydrogen-bond acceptors (Lipinski definition) is 2. The number of aliphatic carboxylic acids is 1. The first kappa shape index (κ1) is 9.88. The van der Waals surface area contributed by atoms with Crippen molar-refractivity contribution in [1.29, 1.82) is 0 Å². The van der Waals surface area contributed by atoms with E-state index in [0.717, 1.165) is 12.5 Å². The van der Waals surface area contributed by atoms with E-state index in [0.29, 0.717) is 12.8 Å². The number of carboxylic acid groups (broad SMARTS) is 1. The second kappa shape index (κ2) is 5.65. The molecule has 0 saturated carbocycles. The average Bonchev–Trinajstić information content (AvgIpc) is 1.85. The summed E-state index contributed by atoms with van der Waals surface area (Å²) in [5.41, 5.74) is 0. The highest BCUT2D eigenvalue weighted by atomic mass is 16.4. The molecular weight excluding hydrogens is 144 g/mol. The first-order chi connectivity index (χ1) is 5.13. The molecule has 11 heavy (non-hydrogen) atoms. The summed E-state index contributed by atoms with van der Waals surface area (Å²) in [6.45, 7) is 1.53. The summed E-state index contributed by atoms with van der Waals surface area (Å²) in [5.74, 6) is -0.790. The van der Waals surface area contributed by atoms with Crippen LogP contribution >= 0.6 is 0 Å². The van der Waals surface area contributed by atoms with Crippen LogP contribution in [0.25, 0.3) is 0 Å². The van der Waals surface area contributed by atoms with Gasteiger partial charge >= 0.3 is 5.97 Å². The molecule has 0 saturated heterocycles. The summed E-state index contributed by atoms with van der Waals surface area (Å²) in [6.07, 6.45) is 4.58. The number of allylic oxidation sites excluding steroid dienone is 1. The highest BCUT2D eigenvalue weighted by Gasteiger charge is 1.90. The number of rotatable bonds is 5. The van der Waals surface area contributed by atoms with Crippen molar-refractivity contribution in [1.82, 2.24) is 0 Å². The second-order valence-corrected chi connectivity index (χ2v) is 2.33. The van der Waals surface area contributed by atoms with Crippen LogP contribution in [0.3, 0.4) is 0 Å². The van der Waals surface area contributed by atoms with Crippen molar-refractivity contribution in [3.63, 3.8) is 0 Å². The Balaban J connectivity index is 3.27. The van der Waals surface area contributed by atoms with Crippen LogP contribution < -0.4 is 0 Å². The third kappa shape index (κ3) is 8.88. The van der Waals surface area contributed by atoms with Gasteiger partial charge in [0.15, 0.2) is 0 Å². The molecule has 0 spiro atoms. The molecule has 3 nitrogen and oxygen atoms in total. The Morgan fingerprint density at radius 2 is 2.09 bits per heavy atom. The lowest BCUT2D eigenvalue weighted by molar-refractivity contribution is -0.131. The molecule has 3 heteroatoms. The second-order valence-electron chi connectivity index (χ2n) is 2.33. The zero-order valence-electron chi connectivity index (χ0n) is 6.54. The van der Waals surface area contributed by atoms with Crippen LogP contribution in [0.1, 0.15) is 26.2 Å². The third-order valence-corrected chi connectivity index (χ3v) is 1.16. The number of hydrogen-bond donors (Lipinski definition) is 1. The molecule has 0 heterocycles. The molecule has 0 aromatic rings. The number of carbonyl (C=O) groups is 2. The SMILES string of the molecule is CC(=O)CCCC=CC(=O)O. The van der Waals surface area contributed by atoms with Gasteiger partial charge in [-0.15, -0.1) is 0 Å². The molecule has 0 radical (unpaired) electrons. The lowest BCUT2D eigenvalue weighted by Crippen LogP contribution is -1.89. The van der Waals surface area contributed by atoms with Gasteiger partial charge in [-0.25, -0.2) is 4.79 Å². The van der Waals surface area contributed by atoms with Gasteiger partial charge in [0.2, 0.25) is 0 Å². The smallest absolute Gasteiger partial charge is 0.327 e. The predicted octanol–water partition coefficient (Wildman–Crippen LogP) is 1.39. The fraction of sp³-hybridized carbons (Fsp3) is 0.500. The van der Waals surface area contributed by atoms with E-state index in [1.54, 1.807) is 6.08 Å². The topological polar surface area (TPSA) is 54.4 Å². The Kier molecular flexibility index (Phi) is 5.07. The summed E-state index contributed by atoms with van der Waals surface area (Å²) in [7, 11) is 0. The van der Waals surface area contributed by atoms with Gasteiger partial charge in [-0.1, -0.05) is 6.08 Å². The summed E-state index contributed by atoms with van der Waals surface area (Å²) >= 11 is 0. The summed E-state index contributed by atoms with van der Waals surface area (Å²) in [4.78, 5) is 20.3. The van der Waals surface area contributed by atoms with E-state index >= 15 is 0 Å². The molecule has 0 rings (SSSR count). The van der Waals surface area contributed by atoms with Gasteiger partial charge < -0.3 is 9.90 Å². The highest BCUT2D eigenvalue weighted by molar-refractivity contribution is 5.79. The molecule has 0 aliphatic carbocycles. The molecule has 0 bridgehead atoms. The van der Waals surface area contributed by atoms with Crippen LogP contribution in [0.15, 0.2) is 12.2 Å².